The average molecular weight is 733 g/mol. The van der Waals surface area contributed by atoms with E-state index in [0.29, 0.717) is 23.2 Å². The molecule has 0 aliphatic carbocycles. The maximum absolute atomic E-state index is 6.59. The Kier molecular flexibility index (Phi) is 9.03. The number of hydrogen-bond donors (Lipinski definition) is 0. The molecule has 0 amide bonds. The van der Waals surface area contributed by atoms with Gasteiger partial charge in [-0.3, -0.25) is 4.57 Å². The molecule has 0 radical (unpaired) electrons. The zero-order chi connectivity index (χ0) is 38.2. The lowest BCUT2D eigenvalue weighted by molar-refractivity contribution is 0.459. The van der Waals surface area contributed by atoms with Gasteiger partial charge in [0.2, 0.25) is 0 Å². The molecule has 6 aromatic carbocycles. The molecule has 0 aliphatic heterocycles. The molecule has 3 aromatic heterocycles. The van der Waals surface area contributed by atoms with E-state index < -0.39 is 0 Å². The standard InChI is InChI=1S/C49H40N4O3/c1-32(2)35-24-25-50-46(27-35)53-44-21-12-11-20-42(44)43-23-22-41(29-45(43)53)54-40-19-13-14-37(28-40)52-31-36(30-51-52)47-48(55-38-15-7-5-8-16-38)33(3)26-34(4)49(47)56-39-17-9-6-10-18-39/h5-32H,1-4H3. The minimum Gasteiger partial charge on any atom is -0.457 e. The first-order valence-electron chi connectivity index (χ1n) is 18.8. The van der Waals surface area contributed by atoms with Crippen molar-refractivity contribution in [2.45, 2.75) is 33.6 Å². The third-order valence-corrected chi connectivity index (χ3v) is 10.0. The van der Waals surface area contributed by atoms with Crippen molar-refractivity contribution in [2.75, 3.05) is 0 Å². The van der Waals surface area contributed by atoms with Crippen LogP contribution < -0.4 is 14.2 Å². The highest BCUT2D eigenvalue weighted by Crippen LogP contribution is 2.46. The highest BCUT2D eigenvalue weighted by molar-refractivity contribution is 6.09. The van der Waals surface area contributed by atoms with E-state index in [2.05, 4.69) is 86.9 Å². The van der Waals surface area contributed by atoms with Gasteiger partial charge in [-0.1, -0.05) is 74.5 Å². The fourth-order valence-corrected chi connectivity index (χ4v) is 7.29. The number of ether oxygens (including phenoxy) is 3. The largest absolute Gasteiger partial charge is 0.457 e. The summed E-state index contributed by atoms with van der Waals surface area (Å²) in [6.45, 7) is 8.52. The SMILES string of the molecule is Cc1cc(C)c(Oc2ccccc2)c(-c2cnn(-c3cccc(Oc4ccc5c6ccccc6n(-c6cc(C(C)C)ccn6)c5c4)c3)c2)c1Oc1ccccc1. The minimum absolute atomic E-state index is 0.386. The van der Waals surface area contributed by atoms with E-state index in [1.807, 2.05) is 114 Å². The summed E-state index contributed by atoms with van der Waals surface area (Å²) in [5.74, 6) is 5.58. The van der Waals surface area contributed by atoms with Crippen LogP contribution in [0.25, 0.3) is 44.4 Å². The molecule has 0 saturated heterocycles. The van der Waals surface area contributed by atoms with Gasteiger partial charge in [0.15, 0.2) is 0 Å². The Morgan fingerprint density at radius 1 is 0.554 bits per heavy atom. The van der Waals surface area contributed by atoms with Crippen LogP contribution in [0.2, 0.25) is 0 Å². The monoisotopic (exact) mass is 732 g/mol. The van der Waals surface area contributed by atoms with Gasteiger partial charge < -0.3 is 14.2 Å². The number of nitrogens with zero attached hydrogens (tertiary/aromatic N) is 4. The van der Waals surface area contributed by atoms with Gasteiger partial charge in [0.1, 0.15) is 40.3 Å². The zero-order valence-corrected chi connectivity index (χ0v) is 31.7. The van der Waals surface area contributed by atoms with Crippen molar-refractivity contribution >= 4 is 21.8 Å². The van der Waals surface area contributed by atoms with E-state index in [-0.39, 0.29) is 0 Å². The molecule has 7 nitrogen and oxygen atoms in total. The summed E-state index contributed by atoms with van der Waals surface area (Å²) < 4.78 is 23.8. The van der Waals surface area contributed by atoms with Gasteiger partial charge in [0.25, 0.3) is 0 Å². The predicted octanol–water partition coefficient (Wildman–Crippen LogP) is 13.1. The highest BCUT2D eigenvalue weighted by atomic mass is 16.5. The molecular weight excluding hydrogens is 693 g/mol. The number of rotatable bonds is 10. The molecule has 9 aromatic rings. The van der Waals surface area contributed by atoms with Crippen molar-refractivity contribution in [2.24, 2.45) is 0 Å². The van der Waals surface area contributed by atoms with Crippen LogP contribution in [0, 0.1) is 13.8 Å². The quantitative estimate of drug-likeness (QED) is 0.140. The zero-order valence-electron chi connectivity index (χ0n) is 31.7. The molecule has 3 heterocycles. The van der Waals surface area contributed by atoms with Gasteiger partial charge in [-0.25, -0.2) is 9.67 Å². The van der Waals surface area contributed by atoms with Crippen LogP contribution in [0.4, 0.5) is 0 Å². The van der Waals surface area contributed by atoms with Gasteiger partial charge in [0, 0.05) is 40.9 Å². The van der Waals surface area contributed by atoms with Crippen LogP contribution in [0.5, 0.6) is 34.5 Å². The van der Waals surface area contributed by atoms with Crippen molar-refractivity contribution in [1.29, 1.82) is 0 Å². The van der Waals surface area contributed by atoms with Crippen LogP contribution in [0.15, 0.2) is 164 Å². The number of hydrogen-bond acceptors (Lipinski definition) is 5. The van der Waals surface area contributed by atoms with E-state index in [1.165, 1.54) is 10.9 Å². The molecule has 0 spiro atoms. The number of para-hydroxylation sites is 3. The molecule has 7 heteroatoms. The minimum atomic E-state index is 0.386. The number of benzene rings is 6. The summed E-state index contributed by atoms with van der Waals surface area (Å²) >= 11 is 0. The van der Waals surface area contributed by atoms with E-state index in [0.717, 1.165) is 67.4 Å². The van der Waals surface area contributed by atoms with E-state index in [4.69, 9.17) is 24.3 Å². The van der Waals surface area contributed by atoms with Crippen molar-refractivity contribution < 1.29 is 14.2 Å². The highest BCUT2D eigenvalue weighted by Gasteiger charge is 2.22. The number of aryl methyl sites for hydroxylation is 2. The van der Waals surface area contributed by atoms with Gasteiger partial charge >= 0.3 is 0 Å². The lowest BCUT2D eigenvalue weighted by Gasteiger charge is -2.20. The van der Waals surface area contributed by atoms with E-state index in [9.17, 15) is 0 Å². The van der Waals surface area contributed by atoms with Crippen molar-refractivity contribution in [3.05, 3.63) is 181 Å². The van der Waals surface area contributed by atoms with Gasteiger partial charge in [-0.05, 0) is 109 Å². The van der Waals surface area contributed by atoms with Crippen LogP contribution >= 0.6 is 0 Å². The second-order valence-electron chi connectivity index (χ2n) is 14.3. The molecule has 0 fully saturated rings. The maximum Gasteiger partial charge on any atom is 0.142 e. The maximum atomic E-state index is 6.59. The lowest BCUT2D eigenvalue weighted by atomic mass is 9.99. The second kappa shape index (κ2) is 14.6. The molecule has 56 heavy (non-hydrogen) atoms. The first kappa shape index (κ1) is 34.6. The molecular formula is C49H40N4O3. The van der Waals surface area contributed by atoms with Crippen molar-refractivity contribution in [3.63, 3.8) is 0 Å². The van der Waals surface area contributed by atoms with E-state index in [1.54, 1.807) is 0 Å². The summed E-state index contributed by atoms with van der Waals surface area (Å²) in [4.78, 5) is 4.81. The predicted molar refractivity (Wildman–Crippen MR) is 224 cm³/mol. The topological polar surface area (TPSA) is 63.3 Å². The third-order valence-electron chi connectivity index (χ3n) is 10.0. The van der Waals surface area contributed by atoms with Crippen LogP contribution in [-0.2, 0) is 0 Å². The van der Waals surface area contributed by atoms with Gasteiger partial charge in [-0.15, -0.1) is 0 Å². The van der Waals surface area contributed by atoms with Crippen LogP contribution in [0.3, 0.4) is 0 Å². The number of pyridine rings is 1. The molecule has 0 N–H and O–H groups in total. The Hall–Kier alpha value is -7.12. The summed E-state index contributed by atoms with van der Waals surface area (Å²) in [5.41, 5.74) is 7.87. The fourth-order valence-electron chi connectivity index (χ4n) is 7.29. The second-order valence-corrected chi connectivity index (χ2v) is 14.3. The number of fused-ring (bicyclic) bond motifs is 3. The lowest BCUT2D eigenvalue weighted by Crippen LogP contribution is -1.99. The first-order chi connectivity index (χ1) is 27.4. The summed E-state index contributed by atoms with van der Waals surface area (Å²) in [6, 6.07) is 48.7. The van der Waals surface area contributed by atoms with Crippen LogP contribution in [0.1, 0.15) is 36.5 Å². The van der Waals surface area contributed by atoms with Gasteiger partial charge in [0.05, 0.1) is 28.5 Å². The molecule has 0 unspecified atom stereocenters. The Labute approximate surface area is 326 Å². The normalized spacial score (nSPS) is 11.4. The molecule has 0 aliphatic rings. The van der Waals surface area contributed by atoms with E-state index >= 15 is 0 Å². The Bertz CT molecular complexity index is 2770. The van der Waals surface area contributed by atoms with Crippen LogP contribution in [-0.4, -0.2) is 19.3 Å². The van der Waals surface area contributed by atoms with Crippen molar-refractivity contribution in [1.82, 2.24) is 19.3 Å². The smallest absolute Gasteiger partial charge is 0.142 e. The Morgan fingerprint density at radius 2 is 1.20 bits per heavy atom. The molecule has 274 valence electrons. The molecule has 0 bridgehead atoms. The Morgan fingerprint density at radius 3 is 1.91 bits per heavy atom. The van der Waals surface area contributed by atoms with Gasteiger partial charge in [-0.2, -0.15) is 5.10 Å². The third kappa shape index (κ3) is 6.64. The Balaban J connectivity index is 1.08. The fraction of sp³-hybridized carbons (Fsp3) is 0.102. The summed E-state index contributed by atoms with van der Waals surface area (Å²) in [5, 5.41) is 7.14. The first-order valence-corrected chi connectivity index (χ1v) is 18.8. The average Bonchev–Trinajstić information content (AvgIpc) is 3.84. The molecule has 0 saturated carbocycles. The summed E-state index contributed by atoms with van der Waals surface area (Å²) in [7, 11) is 0. The molecule has 9 rings (SSSR count). The number of aromatic nitrogens is 4. The summed E-state index contributed by atoms with van der Waals surface area (Å²) in [6.07, 6.45) is 5.75. The molecule has 0 atom stereocenters. The van der Waals surface area contributed by atoms with Crippen molar-refractivity contribution in [3.8, 4) is 57.1 Å².